The van der Waals surface area contributed by atoms with Crippen molar-refractivity contribution in [2.24, 2.45) is 23.2 Å². The third-order valence-electron chi connectivity index (χ3n) is 7.47. The van der Waals surface area contributed by atoms with Crippen molar-refractivity contribution in [1.82, 2.24) is 0 Å². The van der Waals surface area contributed by atoms with Crippen molar-refractivity contribution < 1.29 is 4.79 Å². The van der Waals surface area contributed by atoms with Gasteiger partial charge in [0.25, 0.3) is 0 Å². The predicted octanol–water partition coefficient (Wildman–Crippen LogP) is 5.61. The van der Waals surface area contributed by atoms with Crippen LogP contribution in [-0.4, -0.2) is 5.78 Å². The Kier molecular flexibility index (Phi) is 3.58. The van der Waals surface area contributed by atoms with Gasteiger partial charge in [-0.05, 0) is 80.6 Å². The summed E-state index contributed by atoms with van der Waals surface area (Å²) in [6.45, 7) is 4.81. The summed E-state index contributed by atoms with van der Waals surface area (Å²) in [5.74, 6) is 2.96. The van der Waals surface area contributed by atoms with Crippen molar-refractivity contribution in [3.63, 3.8) is 0 Å². The predicted molar refractivity (Wildman–Crippen MR) is 90.5 cm³/mol. The normalized spacial score (nSPS) is 40.9. The van der Waals surface area contributed by atoms with Gasteiger partial charge in [0, 0.05) is 6.42 Å². The molecule has 0 N–H and O–H groups in total. The minimum atomic E-state index is 0.332. The molecule has 0 aromatic rings. The van der Waals surface area contributed by atoms with E-state index in [9.17, 15) is 4.79 Å². The number of carbonyl (C=O) groups is 1. The zero-order valence-corrected chi connectivity index (χ0v) is 14.3. The fraction of sp³-hybridized carbons (Fsp3) is 0.762. The molecule has 0 radical (unpaired) electrons. The average molecular weight is 298 g/mol. The number of ketones is 1. The van der Waals surface area contributed by atoms with Gasteiger partial charge in [-0.15, -0.1) is 0 Å². The molecule has 0 aromatic carbocycles. The summed E-state index contributed by atoms with van der Waals surface area (Å²) in [5.41, 5.74) is 5.59. The molecular weight excluding hydrogens is 268 g/mol. The van der Waals surface area contributed by atoms with Gasteiger partial charge in [0.15, 0.2) is 5.78 Å². The van der Waals surface area contributed by atoms with Gasteiger partial charge in [0.2, 0.25) is 0 Å². The Morgan fingerprint density at radius 1 is 1.09 bits per heavy atom. The highest BCUT2D eigenvalue weighted by Crippen LogP contribution is 2.60. The molecule has 0 saturated heterocycles. The van der Waals surface area contributed by atoms with E-state index in [4.69, 9.17) is 0 Å². The first kappa shape index (κ1) is 14.7. The molecule has 0 bridgehead atoms. The first-order valence-corrected chi connectivity index (χ1v) is 9.59. The fourth-order valence-corrected chi connectivity index (χ4v) is 6.34. The lowest BCUT2D eigenvalue weighted by Crippen LogP contribution is -2.43. The number of allylic oxidation sites excluding steroid dienone is 4. The smallest absolute Gasteiger partial charge is 0.155 e. The van der Waals surface area contributed by atoms with Crippen LogP contribution in [0, 0.1) is 23.2 Å². The third-order valence-corrected chi connectivity index (χ3v) is 7.47. The average Bonchev–Trinajstić information content (AvgIpc) is 2.92. The van der Waals surface area contributed by atoms with E-state index in [0.29, 0.717) is 11.2 Å². The van der Waals surface area contributed by atoms with Gasteiger partial charge in [0.05, 0.1) is 0 Å². The molecule has 0 aliphatic heterocycles. The maximum Gasteiger partial charge on any atom is 0.155 e. The minimum absolute atomic E-state index is 0.332. The second-order valence-corrected chi connectivity index (χ2v) is 8.42. The highest BCUT2D eigenvalue weighted by Gasteiger charge is 2.50. The largest absolute Gasteiger partial charge is 0.295 e. The van der Waals surface area contributed by atoms with Crippen molar-refractivity contribution in [3.05, 3.63) is 22.8 Å². The molecular formula is C21H30O. The molecule has 1 heteroatoms. The first-order valence-electron chi connectivity index (χ1n) is 9.59. The van der Waals surface area contributed by atoms with E-state index in [2.05, 4.69) is 13.8 Å². The molecule has 0 heterocycles. The van der Waals surface area contributed by atoms with Crippen LogP contribution in [0.2, 0.25) is 0 Å². The van der Waals surface area contributed by atoms with E-state index >= 15 is 0 Å². The highest BCUT2D eigenvalue weighted by atomic mass is 16.1. The zero-order valence-electron chi connectivity index (χ0n) is 14.3. The van der Waals surface area contributed by atoms with Crippen molar-refractivity contribution >= 4 is 5.78 Å². The number of fused-ring (bicyclic) bond motifs is 4. The van der Waals surface area contributed by atoms with E-state index in [1.165, 1.54) is 56.9 Å². The van der Waals surface area contributed by atoms with Crippen LogP contribution in [0.1, 0.15) is 78.1 Å². The van der Waals surface area contributed by atoms with Crippen LogP contribution in [0.25, 0.3) is 0 Å². The van der Waals surface area contributed by atoms with Gasteiger partial charge in [-0.1, -0.05) is 37.0 Å². The molecule has 0 unspecified atom stereocenters. The molecule has 0 amide bonds. The molecule has 4 aliphatic carbocycles. The molecule has 1 fully saturated rings. The lowest BCUT2D eigenvalue weighted by atomic mass is 9.52. The van der Waals surface area contributed by atoms with Crippen molar-refractivity contribution in [1.29, 1.82) is 0 Å². The molecule has 4 atom stereocenters. The van der Waals surface area contributed by atoms with Crippen molar-refractivity contribution in [2.75, 3.05) is 0 Å². The number of hydrogen-bond donors (Lipinski definition) is 0. The molecule has 1 saturated carbocycles. The SMILES string of the molecule is CCC[C@@H]1CCC2=C1CC[C@H]1[C@H]2CCC2=CC(=O)CC[C@@]21C. The van der Waals surface area contributed by atoms with Crippen LogP contribution in [0.3, 0.4) is 0 Å². The molecule has 4 rings (SSSR count). The fourth-order valence-electron chi connectivity index (χ4n) is 6.34. The number of hydrogen-bond acceptors (Lipinski definition) is 1. The lowest BCUT2D eigenvalue weighted by molar-refractivity contribution is -0.116. The van der Waals surface area contributed by atoms with E-state index < -0.39 is 0 Å². The van der Waals surface area contributed by atoms with E-state index in [1.807, 2.05) is 17.2 Å². The topological polar surface area (TPSA) is 17.1 Å². The van der Waals surface area contributed by atoms with Crippen molar-refractivity contribution in [2.45, 2.75) is 78.1 Å². The zero-order chi connectivity index (χ0) is 15.3. The molecule has 1 nitrogen and oxygen atoms in total. The van der Waals surface area contributed by atoms with E-state index in [-0.39, 0.29) is 0 Å². The summed E-state index contributed by atoms with van der Waals surface area (Å²) in [4.78, 5) is 11.8. The molecule has 0 aromatic heterocycles. The Morgan fingerprint density at radius 3 is 2.73 bits per heavy atom. The Morgan fingerprint density at radius 2 is 1.91 bits per heavy atom. The Balaban J connectivity index is 1.65. The van der Waals surface area contributed by atoms with Gasteiger partial charge in [-0.25, -0.2) is 0 Å². The van der Waals surface area contributed by atoms with Crippen LogP contribution in [-0.2, 0) is 4.79 Å². The summed E-state index contributed by atoms with van der Waals surface area (Å²) in [5, 5.41) is 0. The monoisotopic (exact) mass is 298 g/mol. The molecule has 4 aliphatic rings. The number of rotatable bonds is 2. The Labute approximate surface area is 135 Å². The summed E-state index contributed by atoms with van der Waals surface area (Å²) in [6, 6.07) is 0. The van der Waals surface area contributed by atoms with Gasteiger partial charge in [-0.2, -0.15) is 0 Å². The third kappa shape index (κ3) is 2.07. The highest BCUT2D eigenvalue weighted by molar-refractivity contribution is 5.91. The first-order chi connectivity index (χ1) is 10.6. The van der Waals surface area contributed by atoms with E-state index in [1.54, 1.807) is 0 Å². The molecule has 22 heavy (non-hydrogen) atoms. The summed E-state index contributed by atoms with van der Waals surface area (Å²) in [6.07, 6.45) is 14.7. The van der Waals surface area contributed by atoms with Crippen LogP contribution in [0.15, 0.2) is 22.8 Å². The maximum atomic E-state index is 11.8. The van der Waals surface area contributed by atoms with Crippen molar-refractivity contribution in [3.8, 4) is 0 Å². The quantitative estimate of drug-likeness (QED) is 0.606. The van der Waals surface area contributed by atoms with Crippen LogP contribution in [0.5, 0.6) is 0 Å². The van der Waals surface area contributed by atoms with Crippen LogP contribution in [0.4, 0.5) is 0 Å². The van der Waals surface area contributed by atoms with Crippen LogP contribution < -0.4 is 0 Å². The van der Waals surface area contributed by atoms with Gasteiger partial charge >= 0.3 is 0 Å². The second kappa shape index (κ2) is 5.35. The van der Waals surface area contributed by atoms with E-state index in [0.717, 1.165) is 30.6 Å². The molecule has 120 valence electrons. The lowest BCUT2D eigenvalue weighted by Gasteiger charge is -2.52. The summed E-state index contributed by atoms with van der Waals surface area (Å²) in [7, 11) is 0. The van der Waals surface area contributed by atoms with Gasteiger partial charge in [-0.3, -0.25) is 4.79 Å². The Hall–Kier alpha value is -0.850. The van der Waals surface area contributed by atoms with Crippen LogP contribution >= 0.6 is 0 Å². The standard InChI is InChI=1S/C21H30O/c1-3-4-14-5-7-18-17(14)9-10-20-19(18)8-6-15-13-16(22)11-12-21(15,20)2/h13-14,19-20H,3-12H2,1-2H3/t14-,19+,20+,21+/m1/s1. The maximum absolute atomic E-state index is 11.8. The van der Waals surface area contributed by atoms with Gasteiger partial charge in [0.1, 0.15) is 0 Å². The minimum Gasteiger partial charge on any atom is -0.295 e. The summed E-state index contributed by atoms with van der Waals surface area (Å²) >= 11 is 0. The summed E-state index contributed by atoms with van der Waals surface area (Å²) < 4.78 is 0. The second-order valence-electron chi connectivity index (χ2n) is 8.42. The van der Waals surface area contributed by atoms with Gasteiger partial charge < -0.3 is 0 Å². The Bertz CT molecular complexity index is 552. The molecule has 0 spiro atoms. The number of carbonyl (C=O) groups excluding carboxylic acids is 1.